The van der Waals surface area contributed by atoms with Crippen molar-refractivity contribution in [3.05, 3.63) is 65.4 Å². The molecule has 5 heteroatoms. The van der Waals surface area contributed by atoms with Gasteiger partial charge in [0.25, 0.3) is 11.8 Å². The summed E-state index contributed by atoms with van der Waals surface area (Å²) in [6.07, 6.45) is 2.15. The van der Waals surface area contributed by atoms with Crippen molar-refractivity contribution in [3.63, 3.8) is 0 Å². The lowest BCUT2D eigenvalue weighted by atomic mass is 9.97. The van der Waals surface area contributed by atoms with Crippen LogP contribution in [-0.2, 0) is 9.59 Å². The molecule has 0 bridgehead atoms. The highest BCUT2D eigenvalue weighted by atomic mass is 16.5. The van der Waals surface area contributed by atoms with Gasteiger partial charge in [0.2, 0.25) is 0 Å². The Kier molecular flexibility index (Phi) is 5.14. The third kappa shape index (κ3) is 3.31. The second-order valence-electron chi connectivity index (χ2n) is 7.85. The zero-order chi connectivity index (χ0) is 20.5. The minimum Gasteiger partial charge on any atom is -0.496 e. The van der Waals surface area contributed by atoms with Crippen LogP contribution in [0.3, 0.4) is 0 Å². The molecule has 2 aliphatic rings. The Hall–Kier alpha value is -3.08. The second-order valence-corrected chi connectivity index (χ2v) is 7.85. The molecule has 0 spiro atoms. The van der Waals surface area contributed by atoms with Crippen molar-refractivity contribution >= 4 is 23.1 Å². The van der Waals surface area contributed by atoms with Gasteiger partial charge in [0, 0.05) is 18.7 Å². The number of amides is 2. The minimum absolute atomic E-state index is 0.251. The molecule has 2 aliphatic heterocycles. The van der Waals surface area contributed by atoms with Crippen molar-refractivity contribution in [1.82, 2.24) is 4.90 Å². The van der Waals surface area contributed by atoms with Gasteiger partial charge in [-0.1, -0.05) is 43.3 Å². The number of aryl methyl sites for hydroxylation is 1. The van der Waals surface area contributed by atoms with Gasteiger partial charge in [-0.25, -0.2) is 4.90 Å². The number of hydrogen-bond acceptors (Lipinski definition) is 4. The van der Waals surface area contributed by atoms with E-state index in [1.807, 2.05) is 55.5 Å². The molecule has 0 saturated carbocycles. The molecule has 1 unspecified atom stereocenters. The van der Waals surface area contributed by atoms with Crippen LogP contribution in [0.1, 0.15) is 30.9 Å². The van der Waals surface area contributed by atoms with Gasteiger partial charge in [-0.15, -0.1) is 0 Å². The number of carbonyl (C=O) groups is 2. The highest BCUT2D eigenvalue weighted by Crippen LogP contribution is 2.40. The lowest BCUT2D eigenvalue weighted by Gasteiger charge is -2.33. The summed E-state index contributed by atoms with van der Waals surface area (Å²) >= 11 is 0. The third-order valence-corrected chi connectivity index (χ3v) is 5.77. The van der Waals surface area contributed by atoms with Crippen molar-refractivity contribution in [3.8, 4) is 5.75 Å². The number of carbonyl (C=O) groups excluding carboxylic acids is 2. The van der Waals surface area contributed by atoms with Crippen LogP contribution < -0.4 is 9.64 Å². The summed E-state index contributed by atoms with van der Waals surface area (Å²) in [5.74, 6) is 0.532. The molecular weight excluding hydrogens is 364 g/mol. The van der Waals surface area contributed by atoms with Crippen molar-refractivity contribution in [2.45, 2.75) is 26.7 Å². The zero-order valence-corrected chi connectivity index (χ0v) is 17.1. The molecule has 5 nitrogen and oxygen atoms in total. The molecule has 150 valence electrons. The number of anilines is 1. The number of hydrogen-bond donors (Lipinski definition) is 0. The first-order valence-corrected chi connectivity index (χ1v) is 10.1. The fourth-order valence-electron chi connectivity index (χ4n) is 4.33. The number of methoxy groups -OCH3 is 1. The molecule has 4 rings (SSSR count). The summed E-state index contributed by atoms with van der Waals surface area (Å²) in [4.78, 5) is 30.7. The van der Waals surface area contributed by atoms with Crippen molar-refractivity contribution < 1.29 is 14.3 Å². The van der Waals surface area contributed by atoms with Gasteiger partial charge in [0.05, 0.1) is 18.4 Å². The molecule has 1 fully saturated rings. The lowest BCUT2D eigenvalue weighted by molar-refractivity contribution is -0.120. The quantitative estimate of drug-likeness (QED) is 0.740. The van der Waals surface area contributed by atoms with Crippen LogP contribution in [0, 0.1) is 12.8 Å². The van der Waals surface area contributed by atoms with Crippen LogP contribution in [0.25, 0.3) is 5.57 Å². The fraction of sp³-hybridized carbons (Fsp3) is 0.333. The summed E-state index contributed by atoms with van der Waals surface area (Å²) in [7, 11) is 1.59. The van der Waals surface area contributed by atoms with E-state index in [1.54, 1.807) is 7.11 Å². The van der Waals surface area contributed by atoms with Gasteiger partial charge in [0.1, 0.15) is 11.4 Å². The average molecular weight is 390 g/mol. The molecule has 0 aliphatic carbocycles. The maximum atomic E-state index is 13.6. The first kappa shape index (κ1) is 19.2. The van der Waals surface area contributed by atoms with E-state index in [0.717, 1.165) is 31.5 Å². The van der Waals surface area contributed by atoms with E-state index in [2.05, 4.69) is 11.8 Å². The summed E-state index contributed by atoms with van der Waals surface area (Å²) in [6.45, 7) is 5.66. The van der Waals surface area contributed by atoms with Crippen molar-refractivity contribution in [2.75, 3.05) is 25.1 Å². The Bertz CT molecular complexity index is 995. The molecule has 2 amide bonds. The topological polar surface area (TPSA) is 49.9 Å². The first-order chi connectivity index (χ1) is 14.0. The van der Waals surface area contributed by atoms with Gasteiger partial charge in [0.15, 0.2) is 0 Å². The van der Waals surface area contributed by atoms with Crippen LogP contribution in [0.15, 0.2) is 54.2 Å². The monoisotopic (exact) mass is 390 g/mol. The molecule has 2 heterocycles. The average Bonchev–Trinajstić information content (AvgIpc) is 2.98. The molecule has 0 N–H and O–H groups in total. The van der Waals surface area contributed by atoms with E-state index < -0.39 is 0 Å². The van der Waals surface area contributed by atoms with Crippen LogP contribution in [-0.4, -0.2) is 36.9 Å². The molecule has 1 saturated heterocycles. The highest BCUT2D eigenvalue weighted by Gasteiger charge is 2.44. The van der Waals surface area contributed by atoms with E-state index in [4.69, 9.17) is 4.74 Å². The first-order valence-electron chi connectivity index (χ1n) is 10.1. The highest BCUT2D eigenvalue weighted by molar-refractivity contribution is 6.45. The smallest absolute Gasteiger partial charge is 0.282 e. The summed E-state index contributed by atoms with van der Waals surface area (Å²) < 4.78 is 5.53. The number of ether oxygens (including phenoxy) is 1. The largest absolute Gasteiger partial charge is 0.496 e. The number of imide groups is 1. The summed E-state index contributed by atoms with van der Waals surface area (Å²) in [5, 5.41) is 0. The van der Waals surface area contributed by atoms with Gasteiger partial charge in [-0.3, -0.25) is 9.59 Å². The number of benzene rings is 2. The Morgan fingerprint density at radius 2 is 1.72 bits per heavy atom. The predicted octanol–water partition coefficient (Wildman–Crippen LogP) is 4.02. The number of piperidine rings is 1. The summed E-state index contributed by atoms with van der Waals surface area (Å²) in [6, 6.07) is 14.9. The van der Waals surface area contributed by atoms with Gasteiger partial charge in [-0.05, 0) is 43.4 Å². The fourth-order valence-corrected chi connectivity index (χ4v) is 4.33. The minimum atomic E-state index is -0.290. The van der Waals surface area contributed by atoms with Crippen LogP contribution >= 0.6 is 0 Å². The standard InChI is InChI=1S/C24H26N2O3/c1-16-9-8-14-25(15-16)22-21(18-11-5-7-13-20(18)29-3)23(27)26(24(22)28)19-12-6-4-10-17(19)2/h4-7,10-13,16H,8-9,14-15H2,1-3H3. The zero-order valence-electron chi connectivity index (χ0n) is 17.1. The molecule has 29 heavy (non-hydrogen) atoms. The maximum absolute atomic E-state index is 13.6. The van der Waals surface area contributed by atoms with Crippen molar-refractivity contribution in [2.24, 2.45) is 5.92 Å². The maximum Gasteiger partial charge on any atom is 0.282 e. The van der Waals surface area contributed by atoms with Crippen LogP contribution in [0.2, 0.25) is 0 Å². The Labute approximate surface area is 171 Å². The van der Waals surface area contributed by atoms with Gasteiger partial charge < -0.3 is 9.64 Å². The summed E-state index contributed by atoms with van der Waals surface area (Å²) in [5.41, 5.74) is 3.12. The van der Waals surface area contributed by atoms with Gasteiger partial charge in [-0.2, -0.15) is 0 Å². The molecular formula is C24H26N2O3. The van der Waals surface area contributed by atoms with E-state index in [1.165, 1.54) is 4.90 Å². The lowest BCUT2D eigenvalue weighted by Crippen LogP contribution is -2.39. The van der Waals surface area contributed by atoms with E-state index in [0.29, 0.717) is 34.2 Å². The molecule has 2 aromatic carbocycles. The van der Waals surface area contributed by atoms with E-state index >= 15 is 0 Å². The Morgan fingerprint density at radius 3 is 2.45 bits per heavy atom. The Morgan fingerprint density at radius 1 is 1.00 bits per heavy atom. The molecule has 1 atom stereocenters. The van der Waals surface area contributed by atoms with Crippen molar-refractivity contribution in [1.29, 1.82) is 0 Å². The second kappa shape index (κ2) is 7.74. The van der Waals surface area contributed by atoms with Gasteiger partial charge >= 0.3 is 0 Å². The molecule has 0 aromatic heterocycles. The third-order valence-electron chi connectivity index (χ3n) is 5.77. The molecule has 0 radical (unpaired) electrons. The molecule has 2 aromatic rings. The number of para-hydroxylation sites is 2. The number of nitrogens with zero attached hydrogens (tertiary/aromatic N) is 2. The van der Waals surface area contributed by atoms with E-state index in [-0.39, 0.29) is 11.8 Å². The normalized spacial score (nSPS) is 19.9. The SMILES string of the molecule is COc1ccccc1C1=C(N2CCCC(C)C2)C(=O)N(c2ccccc2C)C1=O. The number of likely N-dealkylation sites (tertiary alicyclic amines) is 1. The Balaban J connectivity index is 1.89. The predicted molar refractivity (Wildman–Crippen MR) is 114 cm³/mol. The van der Waals surface area contributed by atoms with Crippen LogP contribution in [0.4, 0.5) is 5.69 Å². The van der Waals surface area contributed by atoms with Crippen LogP contribution in [0.5, 0.6) is 5.75 Å². The van der Waals surface area contributed by atoms with E-state index in [9.17, 15) is 9.59 Å². The number of rotatable bonds is 4.